The fourth-order valence-corrected chi connectivity index (χ4v) is 4.00. The standard InChI is InChI=1S/C12H16Br2O3S/c1-5-16-11(15)9(17-12(2,3)4)10-7(13)6-8(14)18-10/h6,9H,5H2,1-4H3. The molecule has 1 heterocycles. The highest BCUT2D eigenvalue weighted by Crippen LogP contribution is 2.39. The minimum absolute atomic E-state index is 0.340. The highest BCUT2D eigenvalue weighted by atomic mass is 79.9. The SMILES string of the molecule is CCOC(=O)C(OC(C)(C)C)c1sc(Br)cc1Br. The average molecular weight is 400 g/mol. The van der Waals surface area contributed by atoms with E-state index >= 15 is 0 Å². The van der Waals surface area contributed by atoms with E-state index in [2.05, 4.69) is 31.9 Å². The van der Waals surface area contributed by atoms with Crippen LogP contribution in [0, 0.1) is 0 Å². The topological polar surface area (TPSA) is 35.5 Å². The van der Waals surface area contributed by atoms with Crippen molar-refractivity contribution in [3.63, 3.8) is 0 Å². The molecule has 0 aliphatic rings. The second-order valence-electron chi connectivity index (χ2n) is 4.63. The van der Waals surface area contributed by atoms with Crippen LogP contribution in [0.5, 0.6) is 0 Å². The van der Waals surface area contributed by atoms with Crippen LogP contribution < -0.4 is 0 Å². The largest absolute Gasteiger partial charge is 0.464 e. The fourth-order valence-electron chi connectivity index (χ4n) is 1.31. The molecule has 0 radical (unpaired) electrons. The Labute approximate surface area is 128 Å². The molecule has 0 bridgehead atoms. The molecule has 0 aliphatic heterocycles. The summed E-state index contributed by atoms with van der Waals surface area (Å²) in [7, 11) is 0. The van der Waals surface area contributed by atoms with Gasteiger partial charge in [-0.15, -0.1) is 11.3 Å². The number of esters is 1. The Morgan fingerprint density at radius 2 is 2.06 bits per heavy atom. The summed E-state index contributed by atoms with van der Waals surface area (Å²) < 4.78 is 12.7. The molecule has 1 aromatic heterocycles. The number of carbonyl (C=O) groups is 1. The Morgan fingerprint density at radius 1 is 1.44 bits per heavy atom. The lowest BCUT2D eigenvalue weighted by Gasteiger charge is -2.25. The first-order valence-electron chi connectivity index (χ1n) is 5.53. The maximum Gasteiger partial charge on any atom is 0.340 e. The molecule has 0 fully saturated rings. The molecule has 0 spiro atoms. The Balaban J connectivity index is 3.04. The van der Waals surface area contributed by atoms with E-state index in [1.807, 2.05) is 26.8 Å². The van der Waals surface area contributed by atoms with Crippen molar-refractivity contribution < 1.29 is 14.3 Å². The fraction of sp³-hybridized carbons (Fsp3) is 0.583. The molecule has 1 atom stereocenters. The first-order valence-corrected chi connectivity index (χ1v) is 7.94. The van der Waals surface area contributed by atoms with Crippen LogP contribution >= 0.6 is 43.2 Å². The summed E-state index contributed by atoms with van der Waals surface area (Å²) >= 11 is 8.30. The molecule has 6 heteroatoms. The summed E-state index contributed by atoms with van der Waals surface area (Å²) in [6, 6.07) is 1.90. The van der Waals surface area contributed by atoms with Gasteiger partial charge in [-0.2, -0.15) is 0 Å². The smallest absolute Gasteiger partial charge is 0.340 e. The third kappa shape index (κ3) is 4.64. The molecule has 0 aromatic carbocycles. The van der Waals surface area contributed by atoms with Crippen LogP contribution in [0.2, 0.25) is 0 Å². The van der Waals surface area contributed by atoms with Gasteiger partial charge in [0.1, 0.15) is 0 Å². The Hall–Kier alpha value is 0.0900. The zero-order valence-corrected chi connectivity index (χ0v) is 14.7. The van der Waals surface area contributed by atoms with Crippen molar-refractivity contribution in [3.05, 3.63) is 19.2 Å². The third-order valence-corrected chi connectivity index (χ3v) is 4.49. The summed E-state index contributed by atoms with van der Waals surface area (Å²) in [5, 5.41) is 0. The summed E-state index contributed by atoms with van der Waals surface area (Å²) in [6.07, 6.45) is -0.698. The lowest BCUT2D eigenvalue weighted by atomic mass is 10.1. The highest BCUT2D eigenvalue weighted by Gasteiger charge is 2.31. The van der Waals surface area contributed by atoms with Crippen LogP contribution in [0.3, 0.4) is 0 Å². The van der Waals surface area contributed by atoms with Crippen molar-refractivity contribution in [2.24, 2.45) is 0 Å². The number of hydrogen-bond donors (Lipinski definition) is 0. The minimum Gasteiger partial charge on any atom is -0.464 e. The van der Waals surface area contributed by atoms with E-state index in [1.165, 1.54) is 11.3 Å². The molecule has 0 saturated carbocycles. The molecule has 3 nitrogen and oxygen atoms in total. The summed E-state index contributed by atoms with van der Waals surface area (Å²) in [5.41, 5.74) is -0.423. The molecule has 0 aliphatic carbocycles. The number of halogens is 2. The maximum atomic E-state index is 12.0. The normalized spacial score (nSPS) is 13.4. The second-order valence-corrected chi connectivity index (χ2v) is 7.94. The van der Waals surface area contributed by atoms with Gasteiger partial charge >= 0.3 is 5.97 Å². The molecule has 1 unspecified atom stereocenters. The Morgan fingerprint density at radius 3 is 2.44 bits per heavy atom. The maximum absolute atomic E-state index is 12.0. The van der Waals surface area contributed by atoms with Crippen LogP contribution in [-0.4, -0.2) is 18.2 Å². The Bertz CT molecular complexity index is 423. The molecule has 1 rings (SSSR count). The van der Waals surface area contributed by atoms with Gasteiger partial charge in [-0.05, 0) is 65.6 Å². The van der Waals surface area contributed by atoms with Crippen LogP contribution in [0.15, 0.2) is 14.3 Å². The van der Waals surface area contributed by atoms with Crippen LogP contribution in [0.4, 0.5) is 0 Å². The zero-order valence-electron chi connectivity index (χ0n) is 10.8. The first kappa shape index (κ1) is 16.1. The number of ether oxygens (including phenoxy) is 2. The van der Waals surface area contributed by atoms with E-state index in [0.29, 0.717) is 6.61 Å². The zero-order chi connectivity index (χ0) is 13.9. The highest BCUT2D eigenvalue weighted by molar-refractivity contribution is 9.11. The monoisotopic (exact) mass is 398 g/mol. The van der Waals surface area contributed by atoms with Crippen LogP contribution in [0.1, 0.15) is 38.7 Å². The number of hydrogen-bond acceptors (Lipinski definition) is 4. The predicted octanol–water partition coefficient (Wildman–Crippen LogP) is 4.69. The Kier molecular flexibility index (Phi) is 5.83. The van der Waals surface area contributed by atoms with Crippen LogP contribution in [-0.2, 0) is 14.3 Å². The van der Waals surface area contributed by atoms with Crippen molar-refractivity contribution in [1.82, 2.24) is 0 Å². The van der Waals surface area contributed by atoms with E-state index in [0.717, 1.165) is 13.1 Å². The first-order chi connectivity index (χ1) is 8.24. The molecule has 1 aromatic rings. The number of rotatable bonds is 4. The molecule has 18 heavy (non-hydrogen) atoms. The van der Waals surface area contributed by atoms with Crippen molar-refractivity contribution >= 4 is 49.2 Å². The molecule has 0 N–H and O–H groups in total. The van der Waals surface area contributed by atoms with E-state index < -0.39 is 11.7 Å². The summed E-state index contributed by atoms with van der Waals surface area (Å²) in [4.78, 5) is 12.8. The third-order valence-electron chi connectivity index (χ3n) is 1.89. The quantitative estimate of drug-likeness (QED) is 0.688. The van der Waals surface area contributed by atoms with E-state index in [4.69, 9.17) is 9.47 Å². The minimum atomic E-state index is -0.698. The van der Waals surface area contributed by atoms with E-state index in [1.54, 1.807) is 6.92 Å². The van der Waals surface area contributed by atoms with Crippen molar-refractivity contribution in [2.45, 2.75) is 39.4 Å². The van der Waals surface area contributed by atoms with Gasteiger partial charge in [0.25, 0.3) is 0 Å². The summed E-state index contributed by atoms with van der Waals surface area (Å²) in [5.74, 6) is -0.359. The van der Waals surface area contributed by atoms with Gasteiger partial charge in [0.05, 0.1) is 20.9 Å². The molecular formula is C12H16Br2O3S. The van der Waals surface area contributed by atoms with E-state index in [-0.39, 0.29) is 5.97 Å². The molecule has 0 saturated heterocycles. The lowest BCUT2D eigenvalue weighted by Crippen LogP contribution is -2.28. The van der Waals surface area contributed by atoms with Gasteiger partial charge in [-0.25, -0.2) is 4.79 Å². The van der Waals surface area contributed by atoms with Gasteiger partial charge in [0, 0.05) is 4.47 Å². The van der Waals surface area contributed by atoms with Crippen molar-refractivity contribution in [1.29, 1.82) is 0 Å². The van der Waals surface area contributed by atoms with Gasteiger partial charge in [0.15, 0.2) is 6.10 Å². The molecule has 102 valence electrons. The van der Waals surface area contributed by atoms with Gasteiger partial charge < -0.3 is 9.47 Å². The predicted molar refractivity (Wildman–Crippen MR) is 79.9 cm³/mol. The van der Waals surface area contributed by atoms with E-state index in [9.17, 15) is 4.79 Å². The van der Waals surface area contributed by atoms with Gasteiger partial charge in [-0.1, -0.05) is 0 Å². The number of thiophene rings is 1. The van der Waals surface area contributed by atoms with Crippen molar-refractivity contribution in [3.8, 4) is 0 Å². The molecular weight excluding hydrogens is 384 g/mol. The average Bonchev–Trinajstić information content (AvgIpc) is 2.53. The van der Waals surface area contributed by atoms with Gasteiger partial charge in [-0.3, -0.25) is 0 Å². The lowest BCUT2D eigenvalue weighted by molar-refractivity contribution is -0.166. The van der Waals surface area contributed by atoms with Gasteiger partial charge in [0.2, 0.25) is 0 Å². The van der Waals surface area contributed by atoms with Crippen LogP contribution in [0.25, 0.3) is 0 Å². The second kappa shape index (κ2) is 6.50. The molecule has 0 amide bonds. The number of carbonyl (C=O) groups excluding carboxylic acids is 1. The van der Waals surface area contributed by atoms with Crippen molar-refractivity contribution in [2.75, 3.05) is 6.61 Å². The summed E-state index contributed by atoms with van der Waals surface area (Å²) in [6.45, 7) is 7.86.